The lowest BCUT2D eigenvalue weighted by molar-refractivity contribution is -0.133. The van der Waals surface area contributed by atoms with Crippen LogP contribution in [0.2, 0.25) is 0 Å². The van der Waals surface area contributed by atoms with Crippen LogP contribution < -0.4 is 5.73 Å². The average molecular weight is 242 g/mol. The molecule has 8 heteroatoms. The van der Waals surface area contributed by atoms with Crippen LogP contribution in [0.5, 0.6) is 0 Å². The predicted molar refractivity (Wildman–Crippen MR) is 54.7 cm³/mol. The fourth-order valence-electron chi connectivity index (χ4n) is 1.43. The predicted octanol–water partition coefficient (Wildman–Crippen LogP) is -1.14. The van der Waals surface area contributed by atoms with Gasteiger partial charge in [0.1, 0.15) is 0 Å². The molecule has 0 saturated carbocycles. The van der Waals surface area contributed by atoms with Gasteiger partial charge in [0.15, 0.2) is 11.8 Å². The number of hydrogen-bond donors (Lipinski definition) is 1. The van der Waals surface area contributed by atoms with Crippen molar-refractivity contribution >= 4 is 23.3 Å². The van der Waals surface area contributed by atoms with Gasteiger partial charge >= 0.3 is 0 Å². The molecule has 1 saturated heterocycles. The normalized spacial score (nSPS) is 20.8. The molecular weight excluding hydrogens is 232 g/mol. The van der Waals surface area contributed by atoms with E-state index in [9.17, 15) is 9.59 Å². The number of morpholine rings is 1. The van der Waals surface area contributed by atoms with Crippen LogP contribution in [0.15, 0.2) is 5.38 Å². The lowest BCUT2D eigenvalue weighted by Gasteiger charge is -2.30. The Balaban J connectivity index is 2.05. The summed E-state index contributed by atoms with van der Waals surface area (Å²) in [7, 11) is 0. The minimum atomic E-state index is -0.732. The third-order valence-electron chi connectivity index (χ3n) is 2.25. The van der Waals surface area contributed by atoms with Gasteiger partial charge in [-0.2, -0.15) is 0 Å². The van der Waals surface area contributed by atoms with Crippen LogP contribution in [-0.4, -0.2) is 52.1 Å². The van der Waals surface area contributed by atoms with E-state index in [-0.39, 0.29) is 18.1 Å². The van der Waals surface area contributed by atoms with Gasteiger partial charge in [-0.1, -0.05) is 4.49 Å². The molecule has 0 aromatic carbocycles. The zero-order valence-corrected chi connectivity index (χ0v) is 9.14. The molecule has 1 fully saturated rings. The van der Waals surface area contributed by atoms with Crippen LogP contribution in [0.1, 0.15) is 10.5 Å². The third-order valence-corrected chi connectivity index (χ3v) is 2.75. The Kier molecular flexibility index (Phi) is 3.11. The number of rotatable bonds is 2. The molecule has 1 aromatic rings. The van der Waals surface area contributed by atoms with Gasteiger partial charge in [-0.25, -0.2) is 0 Å². The number of carbonyl (C=O) groups is 2. The summed E-state index contributed by atoms with van der Waals surface area (Å²) in [6, 6.07) is 0. The smallest absolute Gasteiger partial charge is 0.275 e. The van der Waals surface area contributed by atoms with E-state index in [4.69, 9.17) is 10.5 Å². The molecule has 0 bridgehead atoms. The maximum Gasteiger partial charge on any atom is 0.275 e. The molecule has 1 aliphatic heterocycles. The maximum atomic E-state index is 11.9. The number of amides is 2. The summed E-state index contributed by atoms with van der Waals surface area (Å²) in [5.74, 6) is -0.808. The number of primary amides is 1. The zero-order chi connectivity index (χ0) is 11.5. The molecular formula is C8H10N4O3S. The van der Waals surface area contributed by atoms with Gasteiger partial charge in [-0.05, 0) is 11.5 Å². The van der Waals surface area contributed by atoms with Crippen molar-refractivity contribution in [2.24, 2.45) is 5.73 Å². The first kappa shape index (κ1) is 11.0. The van der Waals surface area contributed by atoms with E-state index < -0.39 is 12.0 Å². The van der Waals surface area contributed by atoms with Crippen molar-refractivity contribution < 1.29 is 14.3 Å². The quantitative estimate of drug-likeness (QED) is 0.707. The molecule has 1 atom stereocenters. The fraction of sp³-hybridized carbons (Fsp3) is 0.500. The van der Waals surface area contributed by atoms with E-state index in [0.29, 0.717) is 13.2 Å². The summed E-state index contributed by atoms with van der Waals surface area (Å²) < 4.78 is 8.75. The Morgan fingerprint density at radius 2 is 2.44 bits per heavy atom. The number of nitrogens with zero attached hydrogens (tertiary/aromatic N) is 3. The van der Waals surface area contributed by atoms with E-state index in [1.807, 2.05) is 0 Å². The van der Waals surface area contributed by atoms with E-state index in [2.05, 4.69) is 9.59 Å². The Bertz CT molecular complexity index is 394. The largest absolute Gasteiger partial charge is 0.367 e. The first-order chi connectivity index (χ1) is 7.68. The number of ether oxygens (including phenoxy) is 1. The Morgan fingerprint density at radius 1 is 1.62 bits per heavy atom. The highest BCUT2D eigenvalue weighted by atomic mass is 32.1. The average Bonchev–Trinajstić information content (AvgIpc) is 2.81. The summed E-state index contributed by atoms with van der Waals surface area (Å²) in [6.07, 6.45) is -0.732. The minimum absolute atomic E-state index is 0.172. The molecule has 7 nitrogen and oxygen atoms in total. The Hall–Kier alpha value is -1.54. The van der Waals surface area contributed by atoms with Crippen LogP contribution in [-0.2, 0) is 9.53 Å². The molecule has 0 radical (unpaired) electrons. The Labute approximate surface area is 95.3 Å². The summed E-state index contributed by atoms with van der Waals surface area (Å²) in [5.41, 5.74) is 5.41. The summed E-state index contributed by atoms with van der Waals surface area (Å²) in [6.45, 7) is 0.906. The first-order valence-electron chi connectivity index (χ1n) is 4.65. The van der Waals surface area contributed by atoms with Crippen molar-refractivity contribution in [1.29, 1.82) is 0 Å². The number of hydrogen-bond acceptors (Lipinski definition) is 6. The maximum absolute atomic E-state index is 11.9. The minimum Gasteiger partial charge on any atom is -0.367 e. The first-order valence-corrected chi connectivity index (χ1v) is 5.49. The van der Waals surface area contributed by atoms with Crippen molar-refractivity contribution in [1.82, 2.24) is 14.5 Å². The van der Waals surface area contributed by atoms with Crippen molar-refractivity contribution in [3.05, 3.63) is 11.1 Å². The molecule has 0 spiro atoms. The van der Waals surface area contributed by atoms with E-state index in [0.717, 1.165) is 11.5 Å². The molecule has 86 valence electrons. The molecule has 1 aromatic heterocycles. The lowest BCUT2D eigenvalue weighted by Crippen LogP contribution is -2.50. The molecule has 0 aliphatic carbocycles. The van der Waals surface area contributed by atoms with Crippen molar-refractivity contribution in [2.75, 3.05) is 19.7 Å². The highest BCUT2D eigenvalue weighted by Gasteiger charge is 2.29. The second kappa shape index (κ2) is 4.54. The van der Waals surface area contributed by atoms with Crippen molar-refractivity contribution in [3.8, 4) is 0 Å². The van der Waals surface area contributed by atoms with Gasteiger partial charge in [-0.3, -0.25) is 9.59 Å². The standard InChI is InChI=1S/C8H10N4O3S/c9-7(13)6-3-12(1-2-15-6)8(14)5-4-16-11-10-5/h4,6H,1-3H2,(H2,9,13). The lowest BCUT2D eigenvalue weighted by atomic mass is 10.2. The Morgan fingerprint density at radius 3 is 3.06 bits per heavy atom. The van der Waals surface area contributed by atoms with Crippen LogP contribution in [0.4, 0.5) is 0 Å². The third kappa shape index (κ3) is 2.17. The number of nitrogens with two attached hydrogens (primary N) is 1. The molecule has 2 rings (SSSR count). The molecule has 2 heterocycles. The van der Waals surface area contributed by atoms with E-state index in [1.165, 1.54) is 4.90 Å². The van der Waals surface area contributed by atoms with Gasteiger partial charge in [0.2, 0.25) is 5.91 Å². The van der Waals surface area contributed by atoms with Crippen LogP contribution in [0, 0.1) is 0 Å². The second-order valence-electron chi connectivity index (χ2n) is 3.30. The molecule has 16 heavy (non-hydrogen) atoms. The van der Waals surface area contributed by atoms with Crippen LogP contribution in [0.3, 0.4) is 0 Å². The monoisotopic (exact) mass is 242 g/mol. The van der Waals surface area contributed by atoms with Gasteiger partial charge in [-0.15, -0.1) is 5.10 Å². The van der Waals surface area contributed by atoms with Crippen molar-refractivity contribution in [2.45, 2.75) is 6.10 Å². The molecule has 2 N–H and O–H groups in total. The summed E-state index contributed by atoms with van der Waals surface area (Å²) in [5, 5.41) is 5.25. The van der Waals surface area contributed by atoms with Gasteiger partial charge in [0.25, 0.3) is 5.91 Å². The van der Waals surface area contributed by atoms with Crippen LogP contribution >= 0.6 is 11.5 Å². The summed E-state index contributed by atoms with van der Waals surface area (Å²) >= 11 is 1.11. The second-order valence-corrected chi connectivity index (χ2v) is 3.91. The van der Waals surface area contributed by atoms with Crippen molar-refractivity contribution in [3.63, 3.8) is 0 Å². The topological polar surface area (TPSA) is 98.4 Å². The highest BCUT2D eigenvalue weighted by Crippen LogP contribution is 2.09. The molecule has 1 aliphatic rings. The van der Waals surface area contributed by atoms with Crippen LogP contribution in [0.25, 0.3) is 0 Å². The molecule has 2 amide bonds. The van der Waals surface area contributed by atoms with Gasteiger partial charge < -0.3 is 15.4 Å². The molecule has 1 unspecified atom stereocenters. The fourth-order valence-corrected chi connectivity index (χ4v) is 1.86. The zero-order valence-electron chi connectivity index (χ0n) is 8.33. The van der Waals surface area contributed by atoms with E-state index in [1.54, 1.807) is 5.38 Å². The van der Waals surface area contributed by atoms with Gasteiger partial charge in [0, 0.05) is 11.9 Å². The van der Waals surface area contributed by atoms with E-state index >= 15 is 0 Å². The number of carbonyl (C=O) groups excluding carboxylic acids is 2. The highest BCUT2D eigenvalue weighted by molar-refractivity contribution is 7.03. The summed E-state index contributed by atoms with van der Waals surface area (Å²) in [4.78, 5) is 24.3. The number of aromatic nitrogens is 2. The van der Waals surface area contributed by atoms with Gasteiger partial charge in [0.05, 0.1) is 13.2 Å². The SMILES string of the molecule is NC(=O)C1CN(C(=O)c2csnn2)CCO1.